The SMILES string of the molecule is CCCCc1nc2ccc(Br)cc2c(=O)n1N=Cc1cc(Br)c(OCc2ccc(Br)cc2Br)c([N+](=O)[O-])c1. The van der Waals surface area contributed by atoms with Crippen molar-refractivity contribution in [3.05, 3.63) is 104 Å². The van der Waals surface area contributed by atoms with Crippen LogP contribution in [0.5, 0.6) is 5.75 Å². The lowest BCUT2D eigenvalue weighted by molar-refractivity contribution is -0.386. The molecular formula is C26H20Br4N4O4. The number of ether oxygens (including phenoxy) is 1. The molecule has 0 aliphatic carbocycles. The summed E-state index contributed by atoms with van der Waals surface area (Å²) >= 11 is 13.7. The molecule has 1 heterocycles. The van der Waals surface area contributed by atoms with Crippen molar-refractivity contribution < 1.29 is 9.66 Å². The van der Waals surface area contributed by atoms with Gasteiger partial charge in [0.1, 0.15) is 12.4 Å². The molecule has 0 saturated carbocycles. The van der Waals surface area contributed by atoms with E-state index < -0.39 is 4.92 Å². The number of aryl methyl sites for hydroxylation is 1. The lowest BCUT2D eigenvalue weighted by Crippen LogP contribution is -2.22. The van der Waals surface area contributed by atoms with Gasteiger partial charge in [-0.25, -0.2) is 4.98 Å². The van der Waals surface area contributed by atoms with Crippen molar-refractivity contribution >= 4 is 86.5 Å². The zero-order valence-electron chi connectivity index (χ0n) is 20.0. The Balaban J connectivity index is 1.71. The molecule has 0 unspecified atom stereocenters. The average molecular weight is 772 g/mol. The molecule has 0 saturated heterocycles. The van der Waals surface area contributed by atoms with Gasteiger partial charge in [-0.05, 0) is 58.7 Å². The van der Waals surface area contributed by atoms with Gasteiger partial charge < -0.3 is 4.74 Å². The van der Waals surface area contributed by atoms with Gasteiger partial charge in [-0.3, -0.25) is 14.9 Å². The molecule has 0 spiro atoms. The lowest BCUT2D eigenvalue weighted by Gasteiger charge is -2.11. The summed E-state index contributed by atoms with van der Waals surface area (Å²) < 4.78 is 9.97. The standard InChI is InChI=1S/C26H20Br4N4O4/c1-2-3-4-24-32-22-8-7-17(27)11-19(22)26(35)33(24)31-13-15-9-21(30)25(23(10-15)34(36)37)38-14-16-5-6-18(28)12-20(16)29/h5-13H,2-4,14H2,1H3. The third-order valence-electron chi connectivity index (χ3n) is 5.58. The zero-order chi connectivity index (χ0) is 27.4. The van der Waals surface area contributed by atoms with Crippen LogP contribution in [-0.4, -0.2) is 20.8 Å². The number of nitro groups is 1. The van der Waals surface area contributed by atoms with Crippen molar-refractivity contribution in [2.75, 3.05) is 0 Å². The Labute approximate surface area is 251 Å². The fourth-order valence-corrected chi connectivity index (χ4v) is 5.78. The number of halogens is 4. The van der Waals surface area contributed by atoms with Gasteiger partial charge in [-0.1, -0.05) is 67.2 Å². The molecule has 8 nitrogen and oxygen atoms in total. The molecule has 0 aliphatic heterocycles. The highest BCUT2D eigenvalue weighted by Crippen LogP contribution is 2.37. The number of fused-ring (bicyclic) bond motifs is 1. The van der Waals surface area contributed by atoms with Gasteiger partial charge in [-0.15, -0.1) is 0 Å². The molecular weight excluding hydrogens is 752 g/mol. The Morgan fingerprint density at radius 2 is 1.79 bits per heavy atom. The summed E-state index contributed by atoms with van der Waals surface area (Å²) in [5, 5.41) is 16.7. The Bertz CT molecular complexity index is 1620. The molecule has 0 bridgehead atoms. The van der Waals surface area contributed by atoms with Gasteiger partial charge in [0.25, 0.3) is 5.56 Å². The van der Waals surface area contributed by atoms with E-state index in [0.717, 1.165) is 31.8 Å². The highest BCUT2D eigenvalue weighted by molar-refractivity contribution is 9.11. The maximum absolute atomic E-state index is 13.3. The predicted octanol–water partition coefficient (Wildman–Crippen LogP) is 8.16. The van der Waals surface area contributed by atoms with E-state index in [1.165, 1.54) is 17.0 Å². The number of benzene rings is 3. The monoisotopic (exact) mass is 768 g/mol. The van der Waals surface area contributed by atoms with Crippen molar-refractivity contribution in [2.45, 2.75) is 32.8 Å². The first-order chi connectivity index (χ1) is 18.2. The molecule has 38 heavy (non-hydrogen) atoms. The first-order valence-electron chi connectivity index (χ1n) is 11.5. The molecule has 0 atom stereocenters. The minimum atomic E-state index is -0.512. The van der Waals surface area contributed by atoms with Gasteiger partial charge in [0.05, 0.1) is 26.5 Å². The Morgan fingerprint density at radius 1 is 1.05 bits per heavy atom. The smallest absolute Gasteiger partial charge is 0.312 e. The minimum Gasteiger partial charge on any atom is -0.481 e. The van der Waals surface area contributed by atoms with Gasteiger partial charge in [0.2, 0.25) is 5.75 Å². The normalized spacial score (nSPS) is 11.4. The maximum Gasteiger partial charge on any atom is 0.312 e. The molecule has 3 aromatic carbocycles. The summed E-state index contributed by atoms with van der Waals surface area (Å²) in [6.07, 6.45) is 3.74. The molecule has 196 valence electrons. The number of hydrogen-bond acceptors (Lipinski definition) is 6. The third kappa shape index (κ3) is 6.59. The lowest BCUT2D eigenvalue weighted by atomic mass is 10.2. The van der Waals surface area contributed by atoms with Crippen LogP contribution in [-0.2, 0) is 13.0 Å². The predicted molar refractivity (Wildman–Crippen MR) is 162 cm³/mol. The molecule has 0 N–H and O–H groups in total. The van der Waals surface area contributed by atoms with Crippen LogP contribution < -0.4 is 10.3 Å². The first kappa shape index (κ1) is 28.6. The van der Waals surface area contributed by atoms with Crippen molar-refractivity contribution in [3.63, 3.8) is 0 Å². The molecule has 4 aromatic rings. The Morgan fingerprint density at radius 3 is 2.50 bits per heavy atom. The fourth-order valence-electron chi connectivity index (χ4n) is 3.68. The van der Waals surface area contributed by atoms with Crippen LogP contribution in [0.3, 0.4) is 0 Å². The van der Waals surface area contributed by atoms with E-state index in [1.54, 1.807) is 18.2 Å². The first-order valence-corrected chi connectivity index (χ1v) is 14.6. The number of nitrogens with zero attached hydrogens (tertiary/aromatic N) is 4. The van der Waals surface area contributed by atoms with Crippen LogP contribution in [0.2, 0.25) is 0 Å². The summed E-state index contributed by atoms with van der Waals surface area (Å²) in [5.74, 6) is 0.622. The molecule has 0 aliphatic rings. The van der Waals surface area contributed by atoms with E-state index in [2.05, 4.69) is 80.7 Å². The molecule has 1 aromatic heterocycles. The van der Waals surface area contributed by atoms with Crippen molar-refractivity contribution in [3.8, 4) is 5.75 Å². The highest BCUT2D eigenvalue weighted by atomic mass is 79.9. The summed E-state index contributed by atoms with van der Waals surface area (Å²) in [4.78, 5) is 29.3. The second-order valence-electron chi connectivity index (χ2n) is 8.29. The van der Waals surface area contributed by atoms with Crippen LogP contribution in [0.1, 0.15) is 36.7 Å². The number of hydrogen-bond donors (Lipinski definition) is 0. The number of rotatable bonds is 9. The number of aromatic nitrogens is 2. The fraction of sp³-hybridized carbons (Fsp3) is 0.192. The van der Waals surface area contributed by atoms with Crippen LogP contribution in [0.15, 0.2) is 76.3 Å². The van der Waals surface area contributed by atoms with Crippen LogP contribution in [0, 0.1) is 10.1 Å². The second kappa shape index (κ2) is 12.6. The number of unbranched alkanes of at least 4 members (excludes halogenated alkanes) is 1. The van der Waals surface area contributed by atoms with E-state index in [-0.39, 0.29) is 23.6 Å². The van der Waals surface area contributed by atoms with E-state index in [4.69, 9.17) is 4.74 Å². The molecule has 12 heteroatoms. The Kier molecular flexibility index (Phi) is 9.50. The van der Waals surface area contributed by atoms with Crippen LogP contribution in [0.4, 0.5) is 5.69 Å². The van der Waals surface area contributed by atoms with Crippen LogP contribution in [0.25, 0.3) is 10.9 Å². The summed E-state index contributed by atoms with van der Waals surface area (Å²) in [6.45, 7) is 2.18. The van der Waals surface area contributed by atoms with Gasteiger partial charge in [0, 0.05) is 37.0 Å². The van der Waals surface area contributed by atoms with Gasteiger partial charge in [0.15, 0.2) is 0 Å². The molecule has 0 amide bonds. The summed E-state index contributed by atoms with van der Waals surface area (Å²) in [5.41, 5.74) is 1.30. The van der Waals surface area contributed by atoms with Crippen molar-refractivity contribution in [1.82, 2.24) is 9.66 Å². The van der Waals surface area contributed by atoms with E-state index in [9.17, 15) is 14.9 Å². The number of nitro benzene ring substituents is 1. The van der Waals surface area contributed by atoms with Crippen LogP contribution >= 0.6 is 63.7 Å². The van der Waals surface area contributed by atoms with E-state index in [0.29, 0.717) is 33.2 Å². The summed E-state index contributed by atoms with van der Waals surface area (Å²) in [6, 6.07) is 13.9. The minimum absolute atomic E-state index is 0.0972. The van der Waals surface area contributed by atoms with E-state index in [1.807, 2.05) is 24.3 Å². The maximum atomic E-state index is 13.3. The van der Waals surface area contributed by atoms with E-state index >= 15 is 0 Å². The van der Waals surface area contributed by atoms with Gasteiger partial charge in [-0.2, -0.15) is 9.78 Å². The molecule has 0 fully saturated rings. The molecule has 0 radical (unpaired) electrons. The second-order valence-corrected chi connectivity index (χ2v) is 11.8. The topological polar surface area (TPSA) is 99.6 Å². The Hall–Kier alpha value is -2.41. The molecule has 4 rings (SSSR count). The van der Waals surface area contributed by atoms with Crippen molar-refractivity contribution in [2.24, 2.45) is 5.10 Å². The van der Waals surface area contributed by atoms with Gasteiger partial charge >= 0.3 is 5.69 Å². The largest absolute Gasteiger partial charge is 0.481 e. The third-order valence-corrected chi connectivity index (χ3v) is 7.90. The quantitative estimate of drug-likeness (QED) is 0.0972. The van der Waals surface area contributed by atoms with Crippen molar-refractivity contribution in [1.29, 1.82) is 0 Å². The summed E-state index contributed by atoms with van der Waals surface area (Å²) in [7, 11) is 0. The average Bonchev–Trinajstić information content (AvgIpc) is 2.87. The highest BCUT2D eigenvalue weighted by Gasteiger charge is 2.21. The zero-order valence-corrected chi connectivity index (χ0v) is 26.3.